The van der Waals surface area contributed by atoms with Crippen molar-refractivity contribution in [2.24, 2.45) is 11.8 Å². The lowest BCUT2D eigenvalue weighted by atomic mass is 9.88. The van der Waals surface area contributed by atoms with Gasteiger partial charge in [0.05, 0.1) is 6.04 Å². The van der Waals surface area contributed by atoms with Gasteiger partial charge in [-0.2, -0.15) is 17.0 Å². The Kier molecular flexibility index (Phi) is 5.33. The molecule has 4 rings (SSSR count). The fraction of sp³-hybridized carbons (Fsp3) is 0.700. The minimum Gasteiger partial charge on any atom is -0.381 e. The minimum atomic E-state index is -3.45. The Morgan fingerprint density at radius 2 is 1.78 bits per heavy atom. The van der Waals surface area contributed by atoms with Gasteiger partial charge in [-0.05, 0) is 42.7 Å². The van der Waals surface area contributed by atoms with E-state index in [2.05, 4.69) is 24.0 Å². The van der Waals surface area contributed by atoms with Gasteiger partial charge in [-0.1, -0.05) is 24.3 Å². The van der Waals surface area contributed by atoms with E-state index in [1.807, 2.05) is 12.1 Å². The summed E-state index contributed by atoms with van der Waals surface area (Å²) in [6.45, 7) is 6.38. The Morgan fingerprint density at radius 3 is 2.44 bits per heavy atom. The van der Waals surface area contributed by atoms with E-state index in [-0.39, 0.29) is 6.04 Å². The number of ether oxygens (including phenoxy) is 1. The molecule has 0 spiro atoms. The van der Waals surface area contributed by atoms with Crippen molar-refractivity contribution >= 4 is 10.2 Å². The van der Waals surface area contributed by atoms with E-state index < -0.39 is 10.2 Å². The van der Waals surface area contributed by atoms with Gasteiger partial charge in [0.1, 0.15) is 0 Å². The molecule has 0 radical (unpaired) electrons. The van der Waals surface area contributed by atoms with Gasteiger partial charge in [0.15, 0.2) is 0 Å². The molecule has 0 amide bonds. The van der Waals surface area contributed by atoms with E-state index >= 15 is 0 Å². The minimum absolute atomic E-state index is 0.0755. The molecule has 0 saturated carbocycles. The monoisotopic (exact) mass is 393 g/mol. The second-order valence-corrected chi connectivity index (χ2v) is 10.5. The average molecular weight is 394 g/mol. The van der Waals surface area contributed by atoms with Gasteiger partial charge >= 0.3 is 0 Å². The van der Waals surface area contributed by atoms with Crippen LogP contribution >= 0.6 is 0 Å². The largest absolute Gasteiger partial charge is 0.381 e. The molecule has 0 unspecified atom stereocenters. The molecule has 150 valence electrons. The first-order chi connectivity index (χ1) is 12.9. The lowest BCUT2D eigenvalue weighted by Crippen LogP contribution is -2.44. The van der Waals surface area contributed by atoms with Crippen molar-refractivity contribution in [3.8, 4) is 0 Å². The van der Waals surface area contributed by atoms with Crippen LogP contribution in [-0.4, -0.2) is 74.9 Å². The van der Waals surface area contributed by atoms with E-state index in [0.717, 1.165) is 44.7 Å². The molecule has 3 aliphatic heterocycles. The molecule has 3 aliphatic rings. The highest BCUT2D eigenvalue weighted by Gasteiger charge is 2.52. The predicted octanol–water partition coefficient (Wildman–Crippen LogP) is 1.89. The molecule has 0 aliphatic carbocycles. The van der Waals surface area contributed by atoms with E-state index in [0.29, 0.717) is 24.4 Å². The second-order valence-electron chi connectivity index (χ2n) is 8.38. The molecule has 3 fully saturated rings. The summed E-state index contributed by atoms with van der Waals surface area (Å²) in [6, 6.07) is 8.76. The molecular weight excluding hydrogens is 362 g/mol. The van der Waals surface area contributed by atoms with Crippen LogP contribution in [0.3, 0.4) is 0 Å². The average Bonchev–Trinajstić information content (AvgIpc) is 3.21. The maximum atomic E-state index is 13.1. The SMILES string of the molecule is Cc1ccccc1[C@@H]1[C@H]2CN(C3CCOCC3)C[C@H]2CN1S(=O)(=O)N(C)C. The third-order valence-corrected chi connectivity index (χ3v) is 8.51. The Balaban J connectivity index is 1.65. The Hall–Kier alpha value is -0.990. The van der Waals surface area contributed by atoms with Crippen LogP contribution in [0.1, 0.15) is 30.0 Å². The van der Waals surface area contributed by atoms with Gasteiger partial charge < -0.3 is 4.74 Å². The number of hydrogen-bond donors (Lipinski definition) is 0. The van der Waals surface area contributed by atoms with Crippen molar-refractivity contribution in [2.45, 2.75) is 31.8 Å². The van der Waals surface area contributed by atoms with Crippen molar-refractivity contribution in [3.05, 3.63) is 35.4 Å². The summed E-state index contributed by atoms with van der Waals surface area (Å²) < 4.78 is 34.8. The van der Waals surface area contributed by atoms with Crippen molar-refractivity contribution in [2.75, 3.05) is 46.9 Å². The van der Waals surface area contributed by atoms with Crippen LogP contribution in [0.2, 0.25) is 0 Å². The fourth-order valence-electron chi connectivity index (χ4n) is 5.14. The molecule has 1 aromatic rings. The summed E-state index contributed by atoms with van der Waals surface area (Å²) in [4.78, 5) is 2.60. The fourth-order valence-corrected chi connectivity index (χ4v) is 6.50. The van der Waals surface area contributed by atoms with Crippen molar-refractivity contribution in [1.82, 2.24) is 13.5 Å². The molecule has 1 aromatic carbocycles. The first kappa shape index (κ1) is 19.3. The van der Waals surface area contributed by atoms with Crippen molar-refractivity contribution < 1.29 is 13.2 Å². The first-order valence-corrected chi connectivity index (χ1v) is 11.4. The zero-order valence-corrected chi connectivity index (χ0v) is 17.4. The zero-order chi connectivity index (χ0) is 19.2. The lowest BCUT2D eigenvalue weighted by molar-refractivity contribution is 0.0383. The number of benzene rings is 1. The van der Waals surface area contributed by atoms with E-state index in [9.17, 15) is 8.42 Å². The summed E-state index contributed by atoms with van der Waals surface area (Å²) in [5, 5.41) is 0. The number of aryl methyl sites for hydroxylation is 1. The van der Waals surface area contributed by atoms with Gasteiger partial charge in [0, 0.05) is 53.0 Å². The maximum Gasteiger partial charge on any atom is 0.282 e. The van der Waals surface area contributed by atoms with Gasteiger partial charge in [0.2, 0.25) is 0 Å². The van der Waals surface area contributed by atoms with E-state index in [1.54, 1.807) is 18.4 Å². The highest BCUT2D eigenvalue weighted by atomic mass is 32.2. The van der Waals surface area contributed by atoms with Crippen molar-refractivity contribution in [3.63, 3.8) is 0 Å². The van der Waals surface area contributed by atoms with Gasteiger partial charge in [-0.15, -0.1) is 0 Å². The molecule has 0 N–H and O–H groups in total. The second kappa shape index (κ2) is 7.44. The van der Waals surface area contributed by atoms with Crippen LogP contribution in [0.25, 0.3) is 0 Å². The normalized spacial score (nSPS) is 30.9. The molecule has 0 aromatic heterocycles. The number of likely N-dealkylation sites (tertiary alicyclic amines) is 1. The number of nitrogens with zero attached hydrogens (tertiary/aromatic N) is 3. The molecule has 3 atom stereocenters. The van der Waals surface area contributed by atoms with E-state index in [1.165, 1.54) is 9.87 Å². The molecule has 6 nitrogen and oxygen atoms in total. The first-order valence-electron chi connectivity index (χ1n) is 9.96. The molecule has 3 heterocycles. The van der Waals surface area contributed by atoms with Gasteiger partial charge in [-0.3, -0.25) is 4.90 Å². The third-order valence-electron chi connectivity index (χ3n) is 6.62. The summed E-state index contributed by atoms with van der Waals surface area (Å²) in [5.41, 5.74) is 2.33. The maximum absolute atomic E-state index is 13.1. The molecular formula is C20H31N3O3S. The quantitative estimate of drug-likeness (QED) is 0.784. The predicted molar refractivity (Wildman–Crippen MR) is 106 cm³/mol. The summed E-state index contributed by atoms with van der Waals surface area (Å²) in [6.07, 6.45) is 2.18. The van der Waals surface area contributed by atoms with Crippen LogP contribution < -0.4 is 0 Å². The van der Waals surface area contributed by atoms with Crippen LogP contribution in [0.5, 0.6) is 0 Å². The Morgan fingerprint density at radius 1 is 1.07 bits per heavy atom. The smallest absolute Gasteiger partial charge is 0.282 e. The van der Waals surface area contributed by atoms with Crippen LogP contribution in [-0.2, 0) is 14.9 Å². The highest BCUT2D eigenvalue weighted by Crippen LogP contribution is 2.48. The number of hydrogen-bond acceptors (Lipinski definition) is 4. The Labute approximate surface area is 163 Å². The third kappa shape index (κ3) is 3.44. The van der Waals surface area contributed by atoms with Crippen molar-refractivity contribution in [1.29, 1.82) is 0 Å². The molecule has 27 heavy (non-hydrogen) atoms. The van der Waals surface area contributed by atoms with Crippen LogP contribution in [0, 0.1) is 18.8 Å². The summed E-state index contributed by atoms with van der Waals surface area (Å²) >= 11 is 0. The number of fused-ring (bicyclic) bond motifs is 1. The Bertz CT molecular complexity index is 776. The lowest BCUT2D eigenvalue weighted by Gasteiger charge is -2.35. The zero-order valence-electron chi connectivity index (χ0n) is 16.5. The van der Waals surface area contributed by atoms with Crippen LogP contribution in [0.15, 0.2) is 24.3 Å². The number of rotatable bonds is 4. The van der Waals surface area contributed by atoms with Gasteiger partial charge in [-0.25, -0.2) is 0 Å². The highest BCUT2D eigenvalue weighted by molar-refractivity contribution is 7.86. The topological polar surface area (TPSA) is 53.1 Å². The van der Waals surface area contributed by atoms with Crippen LogP contribution in [0.4, 0.5) is 0 Å². The molecule has 3 saturated heterocycles. The summed E-state index contributed by atoms with van der Waals surface area (Å²) in [5.74, 6) is 0.746. The summed E-state index contributed by atoms with van der Waals surface area (Å²) in [7, 11) is -0.184. The van der Waals surface area contributed by atoms with Gasteiger partial charge in [0.25, 0.3) is 10.2 Å². The molecule has 7 heteroatoms. The standard InChI is InChI=1S/C20H31N3O3S/c1-15-6-4-5-7-18(15)20-19-14-22(17-8-10-26-11-9-17)12-16(19)13-23(20)27(24,25)21(2)3/h4-7,16-17,19-20H,8-14H2,1-3H3/t16-,19-,20+/m0/s1. The van der Waals surface area contributed by atoms with E-state index in [4.69, 9.17) is 4.74 Å². The molecule has 0 bridgehead atoms.